The lowest BCUT2D eigenvalue weighted by molar-refractivity contribution is 0.525. The Bertz CT molecular complexity index is 44.1. The number of rotatable bonds is 2. The lowest BCUT2D eigenvalue weighted by Gasteiger charge is -1.93. The van der Waals surface area contributed by atoms with Gasteiger partial charge in [-0.05, 0) is 0 Å². The van der Waals surface area contributed by atoms with Gasteiger partial charge in [0.15, 0.2) is 0 Å². The van der Waals surface area contributed by atoms with Crippen molar-refractivity contribution in [1.29, 1.82) is 0 Å². The van der Waals surface area contributed by atoms with Gasteiger partial charge in [0.1, 0.15) is 0 Å². The zero-order valence-electron chi connectivity index (χ0n) is 3.94. The third-order valence-electron chi connectivity index (χ3n) is 0.759. The fraction of sp³-hybridized carbons (Fsp3) is 1.00. The summed E-state index contributed by atoms with van der Waals surface area (Å²) in [7, 11) is 1.94. The second-order valence-electron chi connectivity index (χ2n) is 1.40. The first kappa shape index (κ1) is 4.15. The highest BCUT2D eigenvalue weighted by Gasteiger charge is 2.13. The molecular weight excluding hydrogens is 74.9 g/mol. The number of hydrazine groups is 1. The van der Waals surface area contributed by atoms with Crippen LogP contribution in [-0.2, 0) is 0 Å². The van der Waals surface area contributed by atoms with Crippen LogP contribution in [0.25, 0.3) is 0 Å². The molecule has 0 aromatic rings. The first-order valence-electron chi connectivity index (χ1n) is 2.22. The summed E-state index contributed by atoms with van der Waals surface area (Å²) in [5, 5.41) is 5.15. The Hall–Kier alpha value is -0.0151. The molecule has 33 valence electrons. The van der Waals surface area contributed by atoms with Gasteiger partial charge in [-0.25, -0.2) is 0 Å². The molecule has 1 heterocycles. The van der Waals surface area contributed by atoms with Crippen molar-refractivity contribution in [2.24, 2.45) is 0 Å². The summed E-state index contributed by atoms with van der Waals surface area (Å²) in [6.07, 6.45) is 0. The van der Waals surface area contributed by atoms with Gasteiger partial charge in [0, 0.05) is 13.1 Å². The molecule has 1 saturated heterocycles. The molecule has 0 aliphatic carbocycles. The zero-order chi connectivity index (χ0) is 4.41. The van der Waals surface area contributed by atoms with Crippen molar-refractivity contribution in [2.75, 3.05) is 13.1 Å². The molecule has 1 rings (SSSR count). The smallest absolute Gasteiger partial charge is 0.222 e. The SMILES string of the molecule is C[B]NN1CC1. The molecule has 0 atom stereocenters. The fourth-order valence-corrected chi connectivity index (χ4v) is 0.362. The molecule has 1 aliphatic rings. The molecule has 1 fully saturated rings. The predicted molar refractivity (Wildman–Crippen MR) is 26.3 cm³/mol. The molecule has 0 aromatic heterocycles. The van der Waals surface area contributed by atoms with E-state index in [1.54, 1.807) is 0 Å². The molecule has 0 bridgehead atoms. The van der Waals surface area contributed by atoms with Crippen molar-refractivity contribution < 1.29 is 0 Å². The first-order valence-corrected chi connectivity index (χ1v) is 2.22. The summed E-state index contributed by atoms with van der Waals surface area (Å²) >= 11 is 0. The van der Waals surface area contributed by atoms with Gasteiger partial charge in [0.2, 0.25) is 7.41 Å². The summed E-state index contributed by atoms with van der Waals surface area (Å²) in [4.78, 5) is 0. The molecule has 2 nitrogen and oxygen atoms in total. The van der Waals surface area contributed by atoms with Crippen LogP contribution < -0.4 is 5.34 Å². The molecule has 1 aliphatic heterocycles. The fourth-order valence-electron chi connectivity index (χ4n) is 0.362. The van der Waals surface area contributed by atoms with Gasteiger partial charge in [0.25, 0.3) is 0 Å². The highest BCUT2D eigenvalue weighted by Crippen LogP contribution is 1.93. The minimum absolute atomic E-state index is 1.21. The topological polar surface area (TPSA) is 15.0 Å². The Labute approximate surface area is 38.8 Å². The number of nitrogens with one attached hydrogen (secondary N) is 1. The molecule has 3 heteroatoms. The molecule has 0 unspecified atom stereocenters. The van der Waals surface area contributed by atoms with E-state index in [-0.39, 0.29) is 0 Å². The van der Waals surface area contributed by atoms with Crippen molar-refractivity contribution >= 4 is 7.41 Å². The third kappa shape index (κ3) is 0.991. The van der Waals surface area contributed by atoms with Gasteiger partial charge >= 0.3 is 0 Å². The molecule has 0 aromatic carbocycles. The lowest BCUT2D eigenvalue weighted by Crippen LogP contribution is -2.22. The van der Waals surface area contributed by atoms with E-state index in [2.05, 4.69) is 10.3 Å². The van der Waals surface area contributed by atoms with Crippen LogP contribution in [0.3, 0.4) is 0 Å². The first-order chi connectivity index (χ1) is 2.93. The van der Waals surface area contributed by atoms with Gasteiger partial charge < -0.3 is 5.34 Å². The second-order valence-corrected chi connectivity index (χ2v) is 1.40. The van der Waals surface area contributed by atoms with E-state index in [4.69, 9.17) is 0 Å². The standard InChI is InChI=1S/C3H8BN2/c1-4-5-6-2-3-6/h5H,2-3H2,1H3. The van der Waals surface area contributed by atoms with Crippen LogP contribution in [-0.4, -0.2) is 25.5 Å². The summed E-state index contributed by atoms with van der Waals surface area (Å²) < 4.78 is 0. The summed E-state index contributed by atoms with van der Waals surface area (Å²) in [6, 6.07) is 0. The van der Waals surface area contributed by atoms with Gasteiger partial charge in [-0.15, -0.1) is 0 Å². The summed E-state index contributed by atoms with van der Waals surface area (Å²) in [6.45, 7) is 4.41. The van der Waals surface area contributed by atoms with Gasteiger partial charge in [-0.3, -0.25) is 5.01 Å². The van der Waals surface area contributed by atoms with Crippen LogP contribution in [0.15, 0.2) is 0 Å². The van der Waals surface area contributed by atoms with E-state index >= 15 is 0 Å². The lowest BCUT2D eigenvalue weighted by atomic mass is 10.0. The highest BCUT2D eigenvalue weighted by atomic mass is 15.6. The van der Waals surface area contributed by atoms with Gasteiger partial charge in [0.05, 0.1) is 0 Å². The molecule has 0 spiro atoms. The van der Waals surface area contributed by atoms with Crippen LogP contribution in [0.2, 0.25) is 6.82 Å². The number of hydrogen-bond acceptors (Lipinski definition) is 2. The number of hydrogen-bond donors (Lipinski definition) is 1. The average molecular weight is 82.9 g/mol. The van der Waals surface area contributed by atoms with E-state index in [1.165, 1.54) is 13.1 Å². The molecule has 6 heavy (non-hydrogen) atoms. The van der Waals surface area contributed by atoms with E-state index in [0.717, 1.165) is 0 Å². The summed E-state index contributed by atoms with van der Waals surface area (Å²) in [5.74, 6) is 0. The second kappa shape index (κ2) is 1.62. The zero-order valence-corrected chi connectivity index (χ0v) is 3.94. The maximum absolute atomic E-state index is 3.03. The summed E-state index contributed by atoms with van der Waals surface area (Å²) in [5.41, 5.74) is 0. The van der Waals surface area contributed by atoms with Crippen LogP contribution in [0.4, 0.5) is 0 Å². The maximum Gasteiger partial charge on any atom is 0.222 e. The molecule has 1 N–H and O–H groups in total. The van der Waals surface area contributed by atoms with Crippen molar-refractivity contribution in [3.8, 4) is 0 Å². The molecule has 0 saturated carbocycles. The molecular formula is C3H8BN2. The van der Waals surface area contributed by atoms with Crippen LogP contribution in [0, 0.1) is 0 Å². The van der Waals surface area contributed by atoms with Crippen LogP contribution in [0.1, 0.15) is 0 Å². The van der Waals surface area contributed by atoms with Crippen LogP contribution in [0.5, 0.6) is 0 Å². The molecule has 1 radical (unpaired) electrons. The average Bonchev–Trinajstić information content (AvgIpc) is 2.21. The van der Waals surface area contributed by atoms with Gasteiger partial charge in [-0.2, -0.15) is 0 Å². The quantitative estimate of drug-likeness (QED) is 0.356. The Morgan fingerprint density at radius 3 is 2.50 bits per heavy atom. The van der Waals surface area contributed by atoms with E-state index < -0.39 is 0 Å². The van der Waals surface area contributed by atoms with Crippen LogP contribution >= 0.6 is 0 Å². The Morgan fingerprint density at radius 1 is 1.67 bits per heavy atom. The predicted octanol–water partition coefficient (Wildman–Crippen LogP) is -0.526. The minimum atomic E-state index is 1.21. The minimum Gasteiger partial charge on any atom is -0.301 e. The normalized spacial score (nSPS) is 20.8. The largest absolute Gasteiger partial charge is 0.301 e. The molecule has 0 amide bonds. The van der Waals surface area contributed by atoms with Crippen molar-refractivity contribution in [3.63, 3.8) is 0 Å². The Kier molecular flexibility index (Phi) is 1.12. The van der Waals surface area contributed by atoms with Crippen molar-refractivity contribution in [2.45, 2.75) is 6.82 Å². The Balaban J connectivity index is 1.88. The number of nitrogens with zero attached hydrogens (tertiary/aromatic N) is 1. The van der Waals surface area contributed by atoms with E-state index in [0.29, 0.717) is 0 Å². The van der Waals surface area contributed by atoms with E-state index in [1.807, 2.05) is 14.2 Å². The maximum atomic E-state index is 3.03. The van der Waals surface area contributed by atoms with Crippen molar-refractivity contribution in [3.05, 3.63) is 0 Å². The monoisotopic (exact) mass is 83.1 g/mol. The highest BCUT2D eigenvalue weighted by molar-refractivity contribution is 6.29. The van der Waals surface area contributed by atoms with Gasteiger partial charge in [-0.1, -0.05) is 6.82 Å². The Morgan fingerprint density at radius 2 is 2.33 bits per heavy atom. The van der Waals surface area contributed by atoms with E-state index in [9.17, 15) is 0 Å². The van der Waals surface area contributed by atoms with Crippen molar-refractivity contribution in [1.82, 2.24) is 10.3 Å². The third-order valence-corrected chi connectivity index (χ3v) is 0.759.